The first-order valence-corrected chi connectivity index (χ1v) is 8.04. The monoisotopic (exact) mass is 386 g/mol. The molecule has 0 atom stereocenters. The fourth-order valence-corrected chi connectivity index (χ4v) is 3.18. The molecule has 0 spiro atoms. The second kappa shape index (κ2) is 6.71. The van der Waals surface area contributed by atoms with Crippen molar-refractivity contribution in [2.75, 3.05) is 36.5 Å². The van der Waals surface area contributed by atoms with E-state index in [9.17, 15) is 17.7 Å². The molecule has 0 fully saturated rings. The van der Waals surface area contributed by atoms with Gasteiger partial charge in [0, 0.05) is 19.2 Å². The number of aromatic nitrogens is 3. The van der Waals surface area contributed by atoms with Crippen molar-refractivity contribution in [3.05, 3.63) is 28.5 Å². The lowest BCUT2D eigenvalue weighted by molar-refractivity contribution is -0.137. The minimum atomic E-state index is -4.59. The van der Waals surface area contributed by atoms with Crippen LogP contribution in [0.5, 0.6) is 6.01 Å². The van der Waals surface area contributed by atoms with Gasteiger partial charge in [0.2, 0.25) is 0 Å². The molecule has 2 aromatic rings. The minimum Gasteiger partial charge on any atom is -0.467 e. The van der Waals surface area contributed by atoms with Gasteiger partial charge in [0.25, 0.3) is 0 Å². The third-order valence-electron chi connectivity index (χ3n) is 4.30. The molecule has 1 aliphatic rings. The molecule has 3 rings (SSSR count). The van der Waals surface area contributed by atoms with Gasteiger partial charge in [0.1, 0.15) is 17.2 Å². The number of ether oxygens (including phenoxy) is 1. The van der Waals surface area contributed by atoms with Crippen molar-refractivity contribution >= 4 is 17.5 Å². The number of aryl methyl sites for hydroxylation is 1. The Labute approximate surface area is 152 Å². The Morgan fingerprint density at radius 1 is 1.26 bits per heavy atom. The number of rotatable bonds is 3. The molecule has 11 heteroatoms. The second-order valence-electron chi connectivity index (χ2n) is 6.17. The molecule has 0 radical (unpaired) electrons. The molecule has 0 saturated heterocycles. The van der Waals surface area contributed by atoms with Crippen LogP contribution in [-0.4, -0.2) is 35.7 Å². The molecule has 0 amide bonds. The van der Waals surface area contributed by atoms with Gasteiger partial charge in [0.05, 0.1) is 19.3 Å². The zero-order chi connectivity index (χ0) is 19.9. The highest BCUT2D eigenvalue weighted by molar-refractivity contribution is 5.59. The van der Waals surface area contributed by atoms with E-state index in [0.29, 0.717) is 16.4 Å². The summed E-state index contributed by atoms with van der Waals surface area (Å²) in [7, 11) is 2.51. The lowest BCUT2D eigenvalue weighted by Gasteiger charge is -2.32. The predicted molar refractivity (Wildman–Crippen MR) is 91.2 cm³/mol. The van der Waals surface area contributed by atoms with Crippen LogP contribution in [-0.2, 0) is 19.1 Å². The maximum Gasteiger partial charge on any atom is 0.420 e. The third kappa shape index (κ3) is 3.53. The van der Waals surface area contributed by atoms with E-state index < -0.39 is 11.7 Å². The van der Waals surface area contributed by atoms with Crippen LogP contribution in [0.15, 0.2) is 6.07 Å². The Bertz CT molecular complexity index is 871. The van der Waals surface area contributed by atoms with Gasteiger partial charge in [-0.05, 0) is 25.0 Å². The highest BCUT2D eigenvalue weighted by atomic mass is 19.4. The number of methoxy groups -OCH3 is 1. The first kappa shape index (κ1) is 18.9. The Morgan fingerprint density at radius 3 is 2.56 bits per heavy atom. The number of nitrogen functional groups attached to an aromatic ring is 1. The van der Waals surface area contributed by atoms with Gasteiger partial charge in [-0.1, -0.05) is 4.48 Å². The summed E-state index contributed by atoms with van der Waals surface area (Å²) in [6.07, 6.45) is -4.34. The number of nitrogens with two attached hydrogens (primary N) is 1. The Hall–Kier alpha value is -2.85. The average Bonchev–Trinajstić information content (AvgIpc) is 2.58. The lowest BCUT2D eigenvalue weighted by atomic mass is 10.0. The van der Waals surface area contributed by atoms with Crippen LogP contribution < -0.4 is 20.5 Å². The summed E-state index contributed by atoms with van der Waals surface area (Å²) in [6, 6.07) is 1.12. The van der Waals surface area contributed by atoms with E-state index in [0.717, 1.165) is 0 Å². The summed E-state index contributed by atoms with van der Waals surface area (Å²) in [5.74, 6) is -0.242. The molecule has 2 aromatic heterocycles. The number of hydrogen-bond acceptors (Lipinski definition) is 7. The normalized spacial score (nSPS) is 14.1. The summed E-state index contributed by atoms with van der Waals surface area (Å²) in [6.45, 7) is 1.51. The van der Waals surface area contributed by atoms with E-state index in [1.54, 1.807) is 0 Å². The Kier molecular flexibility index (Phi) is 4.70. The molecule has 7 nitrogen and oxygen atoms in total. The van der Waals surface area contributed by atoms with Crippen molar-refractivity contribution in [2.24, 2.45) is 0 Å². The van der Waals surface area contributed by atoms with Crippen molar-refractivity contribution in [2.45, 2.75) is 26.1 Å². The average molecular weight is 386 g/mol. The quantitative estimate of drug-likeness (QED) is 0.642. The molecular formula is C16H18F4N6O. The largest absolute Gasteiger partial charge is 0.467 e. The van der Waals surface area contributed by atoms with Crippen molar-refractivity contribution in [3.63, 3.8) is 0 Å². The van der Waals surface area contributed by atoms with Crippen molar-refractivity contribution in [1.29, 1.82) is 0 Å². The number of anilines is 3. The summed E-state index contributed by atoms with van der Waals surface area (Å²) in [5.41, 5.74) is 5.72. The first-order chi connectivity index (χ1) is 12.6. The lowest BCUT2D eigenvalue weighted by Crippen LogP contribution is -2.35. The van der Waals surface area contributed by atoms with Crippen LogP contribution in [0.25, 0.3) is 0 Å². The number of alkyl halides is 3. The van der Waals surface area contributed by atoms with E-state index in [2.05, 4.69) is 15.0 Å². The third-order valence-corrected chi connectivity index (χ3v) is 4.30. The van der Waals surface area contributed by atoms with E-state index >= 15 is 0 Å². The number of hydrogen-bond donors (Lipinski definition) is 1. The van der Waals surface area contributed by atoms with Crippen LogP contribution in [0.3, 0.4) is 0 Å². The summed E-state index contributed by atoms with van der Waals surface area (Å²) >= 11 is 0. The topological polar surface area (TPSA) is 80.4 Å². The highest BCUT2D eigenvalue weighted by Gasteiger charge is 2.39. The smallest absolute Gasteiger partial charge is 0.420 e. The zero-order valence-electron chi connectivity index (χ0n) is 14.9. The SMILES string of the molecule is COc1nc2c(c(N(C)F)n1)CCN(c1nc(N)cc(C)c1C(F)(F)F)C2. The van der Waals surface area contributed by atoms with Gasteiger partial charge in [0.15, 0.2) is 5.82 Å². The van der Waals surface area contributed by atoms with E-state index in [1.807, 2.05) is 0 Å². The Balaban J connectivity index is 2.08. The maximum absolute atomic E-state index is 13.8. The molecule has 0 unspecified atom stereocenters. The van der Waals surface area contributed by atoms with Gasteiger partial charge >= 0.3 is 12.2 Å². The molecule has 1 aliphatic heterocycles. The van der Waals surface area contributed by atoms with Crippen molar-refractivity contribution < 1.29 is 22.4 Å². The molecule has 3 heterocycles. The van der Waals surface area contributed by atoms with Crippen LogP contribution in [0.2, 0.25) is 0 Å². The van der Waals surface area contributed by atoms with Gasteiger partial charge in [-0.2, -0.15) is 28.3 Å². The zero-order valence-corrected chi connectivity index (χ0v) is 14.9. The maximum atomic E-state index is 13.8. The summed E-state index contributed by atoms with van der Waals surface area (Å²) in [5, 5.41) is 0.336. The van der Waals surface area contributed by atoms with E-state index in [4.69, 9.17) is 10.5 Å². The standard InChI is InChI=1S/C16H18F4N6O/c1-8-6-11(21)23-14(12(8)16(17,18)19)26-5-4-9-10(7-26)22-15(27-3)24-13(9)25(2)20/h6H,4-5,7H2,1-3H3,(H2,21,23). The molecule has 0 aliphatic carbocycles. The molecule has 0 saturated carbocycles. The highest BCUT2D eigenvalue weighted by Crippen LogP contribution is 2.40. The van der Waals surface area contributed by atoms with Gasteiger partial charge in [-0.15, -0.1) is 0 Å². The molecule has 146 valence electrons. The van der Waals surface area contributed by atoms with Crippen LogP contribution in [0.1, 0.15) is 22.4 Å². The van der Waals surface area contributed by atoms with Crippen molar-refractivity contribution in [3.8, 4) is 6.01 Å². The first-order valence-electron chi connectivity index (χ1n) is 8.04. The Morgan fingerprint density at radius 2 is 1.96 bits per heavy atom. The molecular weight excluding hydrogens is 368 g/mol. The second-order valence-corrected chi connectivity index (χ2v) is 6.17. The minimum absolute atomic E-state index is 0.00593. The molecule has 27 heavy (non-hydrogen) atoms. The van der Waals surface area contributed by atoms with Crippen LogP contribution >= 0.6 is 0 Å². The predicted octanol–water partition coefficient (Wildman–Crippen LogP) is 2.67. The summed E-state index contributed by atoms with van der Waals surface area (Å²) < 4.78 is 59.5. The number of halogens is 4. The number of pyridine rings is 1. The number of fused-ring (bicyclic) bond motifs is 1. The fourth-order valence-electron chi connectivity index (χ4n) is 3.18. The van der Waals surface area contributed by atoms with Gasteiger partial charge in [-0.3, -0.25) is 0 Å². The fraction of sp³-hybridized carbons (Fsp3) is 0.438. The summed E-state index contributed by atoms with van der Waals surface area (Å²) in [4.78, 5) is 13.5. The van der Waals surface area contributed by atoms with E-state index in [-0.39, 0.29) is 48.5 Å². The molecule has 0 bridgehead atoms. The van der Waals surface area contributed by atoms with Crippen LogP contribution in [0, 0.1) is 6.92 Å². The van der Waals surface area contributed by atoms with E-state index in [1.165, 1.54) is 32.0 Å². The number of nitrogens with zero attached hydrogens (tertiary/aromatic N) is 5. The van der Waals surface area contributed by atoms with Crippen molar-refractivity contribution in [1.82, 2.24) is 15.0 Å². The molecule has 2 N–H and O–H groups in total. The molecule has 0 aromatic carbocycles. The van der Waals surface area contributed by atoms with Gasteiger partial charge in [-0.25, -0.2) is 4.98 Å². The van der Waals surface area contributed by atoms with Gasteiger partial charge < -0.3 is 15.4 Å². The van der Waals surface area contributed by atoms with Crippen LogP contribution in [0.4, 0.5) is 35.1 Å².